The Balaban J connectivity index is 1.81. The number of benzene rings is 1. The van der Waals surface area contributed by atoms with Crippen molar-refractivity contribution >= 4 is 60.7 Å². The summed E-state index contributed by atoms with van der Waals surface area (Å²) in [6.45, 7) is 0. The van der Waals surface area contributed by atoms with E-state index in [0.29, 0.717) is 9.11 Å². The number of hydrogen-bond acceptors (Lipinski definition) is 8. The molecule has 1 aromatic carbocycles. The van der Waals surface area contributed by atoms with Crippen molar-refractivity contribution in [2.24, 2.45) is 0 Å². The zero-order chi connectivity index (χ0) is 23.0. The maximum atomic E-state index is 12.5. The lowest BCUT2D eigenvalue weighted by atomic mass is 10.3. The lowest BCUT2D eigenvalue weighted by Gasteiger charge is -2.11. The van der Waals surface area contributed by atoms with Gasteiger partial charge < -0.3 is 4.74 Å². The molecule has 0 spiro atoms. The highest BCUT2D eigenvalue weighted by Crippen LogP contribution is 2.34. The molecule has 0 unspecified atom stereocenters. The van der Waals surface area contributed by atoms with E-state index in [-0.39, 0.29) is 27.4 Å². The molecule has 2 aromatic heterocycles. The predicted octanol–water partition coefficient (Wildman–Crippen LogP) is 2.88. The van der Waals surface area contributed by atoms with E-state index in [4.69, 9.17) is 39.5 Å². The van der Waals surface area contributed by atoms with Gasteiger partial charge in [0.05, 0.1) is 15.7 Å². The first kappa shape index (κ1) is 23.5. The van der Waals surface area contributed by atoms with Gasteiger partial charge in [-0.05, 0) is 24.3 Å². The molecule has 0 amide bonds. The summed E-state index contributed by atoms with van der Waals surface area (Å²) in [5, 5.41) is 3.29. The highest BCUT2D eigenvalue weighted by molar-refractivity contribution is 7.92. The van der Waals surface area contributed by atoms with Crippen LogP contribution in [-0.4, -0.2) is 54.4 Å². The molecule has 31 heavy (non-hydrogen) atoms. The van der Waals surface area contributed by atoms with Crippen LogP contribution >= 0.6 is 34.8 Å². The van der Waals surface area contributed by atoms with Crippen LogP contribution in [-0.2, 0) is 20.2 Å². The maximum Gasteiger partial charge on any atom is 0.323 e. The van der Waals surface area contributed by atoms with Crippen LogP contribution < -0.4 is 9.46 Å². The Hall–Kier alpha value is -2.16. The normalized spacial score (nSPS) is 12.2. The molecule has 2 heterocycles. The van der Waals surface area contributed by atoms with Gasteiger partial charge in [0.2, 0.25) is 5.88 Å². The fraction of sp³-hybridized carbons (Fsp3) is 0.133. The number of ether oxygens (including phenoxy) is 1. The van der Waals surface area contributed by atoms with Crippen molar-refractivity contribution in [3.8, 4) is 11.6 Å². The van der Waals surface area contributed by atoms with Gasteiger partial charge in [-0.2, -0.15) is 21.1 Å². The first-order valence-corrected chi connectivity index (χ1v) is 12.1. The zero-order valence-electron chi connectivity index (χ0n) is 15.7. The Labute approximate surface area is 192 Å². The molecule has 11 nitrogen and oxygen atoms in total. The van der Waals surface area contributed by atoms with Crippen molar-refractivity contribution in [1.82, 2.24) is 23.5 Å². The summed E-state index contributed by atoms with van der Waals surface area (Å²) in [6, 6.07) is 5.45. The standard InChI is InChI=1S/C15H13Cl3N6O5S2/c1-23(2)31(27,28)24-8-20-15(21-24)30(25,26)22-10-3-4-13(11(17)6-10)29-14-12(18)5-9(16)7-19-14/h3-8,22H,1-2H3. The number of halogens is 3. The van der Waals surface area contributed by atoms with Crippen molar-refractivity contribution in [1.29, 1.82) is 0 Å². The molecule has 0 aliphatic heterocycles. The number of nitrogens with zero attached hydrogens (tertiary/aromatic N) is 5. The largest absolute Gasteiger partial charge is 0.436 e. The van der Waals surface area contributed by atoms with Gasteiger partial charge in [0.25, 0.3) is 15.2 Å². The van der Waals surface area contributed by atoms with E-state index in [9.17, 15) is 16.8 Å². The van der Waals surface area contributed by atoms with Gasteiger partial charge in [-0.1, -0.05) is 34.8 Å². The summed E-state index contributed by atoms with van der Waals surface area (Å²) in [4.78, 5) is 7.49. The summed E-state index contributed by atoms with van der Waals surface area (Å²) in [6.07, 6.45) is 2.11. The van der Waals surface area contributed by atoms with E-state index < -0.39 is 25.4 Å². The molecular weight excluding hydrogens is 515 g/mol. The lowest BCUT2D eigenvalue weighted by Crippen LogP contribution is -2.29. The summed E-state index contributed by atoms with van der Waals surface area (Å²) in [5.41, 5.74) is 0.0549. The molecule has 0 fully saturated rings. The van der Waals surface area contributed by atoms with Crippen LogP contribution in [0.1, 0.15) is 0 Å². The molecule has 3 aromatic rings. The minimum atomic E-state index is -4.30. The Morgan fingerprint density at radius 2 is 1.74 bits per heavy atom. The van der Waals surface area contributed by atoms with Crippen molar-refractivity contribution in [2.45, 2.75) is 5.16 Å². The summed E-state index contributed by atoms with van der Waals surface area (Å²) in [5.74, 6) is 0.207. The van der Waals surface area contributed by atoms with Crippen molar-refractivity contribution in [3.05, 3.63) is 51.9 Å². The van der Waals surface area contributed by atoms with Gasteiger partial charge in [0, 0.05) is 20.3 Å². The zero-order valence-corrected chi connectivity index (χ0v) is 19.6. The summed E-state index contributed by atoms with van der Waals surface area (Å²) >= 11 is 17.9. The molecule has 0 radical (unpaired) electrons. The molecule has 0 aliphatic carbocycles. The third kappa shape index (κ3) is 5.19. The SMILES string of the molecule is CN(C)S(=O)(=O)n1cnc(S(=O)(=O)Nc2ccc(Oc3ncc(Cl)cc3Cl)c(Cl)c2)n1. The molecule has 0 saturated carbocycles. The first-order chi connectivity index (χ1) is 14.4. The van der Waals surface area contributed by atoms with Crippen molar-refractivity contribution < 1.29 is 21.6 Å². The molecule has 16 heteroatoms. The number of rotatable bonds is 7. The second kappa shape index (κ2) is 8.76. The number of pyridine rings is 1. The molecule has 1 N–H and O–H groups in total. The van der Waals surface area contributed by atoms with Crippen molar-refractivity contribution in [3.63, 3.8) is 0 Å². The van der Waals surface area contributed by atoms with Crippen LogP contribution in [0.15, 0.2) is 41.9 Å². The van der Waals surface area contributed by atoms with E-state index in [2.05, 4.69) is 19.8 Å². The van der Waals surface area contributed by atoms with E-state index in [1.54, 1.807) is 0 Å². The van der Waals surface area contributed by atoms with Crippen LogP contribution in [0.5, 0.6) is 11.6 Å². The molecule has 0 bridgehead atoms. The van der Waals surface area contributed by atoms with E-state index in [1.807, 2.05) is 0 Å². The molecular formula is C15H13Cl3N6O5S2. The number of aromatic nitrogens is 4. The van der Waals surface area contributed by atoms with E-state index in [1.165, 1.54) is 44.6 Å². The molecule has 0 saturated heterocycles. The average Bonchev–Trinajstić information content (AvgIpc) is 3.17. The van der Waals surface area contributed by atoms with Gasteiger partial charge in [0.1, 0.15) is 17.1 Å². The molecule has 166 valence electrons. The molecule has 3 rings (SSSR count). The molecule has 0 aliphatic rings. The second-order valence-electron chi connectivity index (χ2n) is 5.98. The first-order valence-electron chi connectivity index (χ1n) is 8.06. The van der Waals surface area contributed by atoms with Crippen LogP contribution in [0.3, 0.4) is 0 Å². The topological polar surface area (TPSA) is 136 Å². The van der Waals surface area contributed by atoms with Crippen LogP contribution in [0.25, 0.3) is 0 Å². The Bertz CT molecular complexity index is 1340. The van der Waals surface area contributed by atoms with Crippen LogP contribution in [0, 0.1) is 0 Å². The Morgan fingerprint density at radius 3 is 2.35 bits per heavy atom. The smallest absolute Gasteiger partial charge is 0.323 e. The predicted molar refractivity (Wildman–Crippen MR) is 115 cm³/mol. The van der Waals surface area contributed by atoms with Crippen LogP contribution in [0.2, 0.25) is 15.1 Å². The monoisotopic (exact) mass is 526 g/mol. The number of nitrogens with one attached hydrogen (secondary N) is 1. The fourth-order valence-corrected chi connectivity index (χ4v) is 4.35. The highest BCUT2D eigenvalue weighted by atomic mass is 35.5. The Morgan fingerprint density at radius 1 is 1.03 bits per heavy atom. The van der Waals surface area contributed by atoms with Gasteiger partial charge in [-0.15, -0.1) is 9.19 Å². The summed E-state index contributed by atoms with van der Waals surface area (Å²) < 4.78 is 58.1. The molecule has 0 atom stereocenters. The Kier molecular flexibility index (Phi) is 6.64. The third-order valence-corrected chi connectivity index (χ3v) is 7.07. The maximum absolute atomic E-state index is 12.5. The average molecular weight is 528 g/mol. The van der Waals surface area contributed by atoms with Gasteiger partial charge in [-0.25, -0.2) is 9.97 Å². The van der Waals surface area contributed by atoms with Crippen LogP contribution in [0.4, 0.5) is 5.69 Å². The summed E-state index contributed by atoms with van der Waals surface area (Å²) in [7, 11) is -5.79. The van der Waals surface area contributed by atoms with Gasteiger partial charge >= 0.3 is 10.2 Å². The third-order valence-electron chi connectivity index (χ3n) is 3.55. The quantitative estimate of drug-likeness (QED) is 0.495. The number of anilines is 1. The highest BCUT2D eigenvalue weighted by Gasteiger charge is 2.25. The van der Waals surface area contributed by atoms with Gasteiger partial charge in [0.15, 0.2) is 0 Å². The lowest BCUT2D eigenvalue weighted by molar-refractivity contribution is 0.463. The minimum Gasteiger partial charge on any atom is -0.436 e. The minimum absolute atomic E-state index is 0.0432. The van der Waals surface area contributed by atoms with E-state index in [0.717, 1.165) is 10.6 Å². The number of hydrogen-bond donors (Lipinski definition) is 1. The van der Waals surface area contributed by atoms with E-state index >= 15 is 0 Å². The second-order valence-corrected chi connectivity index (χ2v) is 10.8. The fourth-order valence-electron chi connectivity index (χ4n) is 2.07. The van der Waals surface area contributed by atoms with Gasteiger partial charge in [-0.3, -0.25) is 4.72 Å². The number of sulfonamides is 1. The van der Waals surface area contributed by atoms with Crippen molar-refractivity contribution in [2.75, 3.05) is 18.8 Å².